The molecule has 1 aromatic heterocycles. The van der Waals surface area contributed by atoms with Crippen LogP contribution in [0.5, 0.6) is 0 Å². The Bertz CT molecular complexity index is 450. The Labute approximate surface area is 111 Å². The second-order valence-corrected chi connectivity index (χ2v) is 4.43. The second kappa shape index (κ2) is 6.26. The summed E-state index contributed by atoms with van der Waals surface area (Å²) in [6.07, 6.45) is 6.02. The van der Waals surface area contributed by atoms with E-state index >= 15 is 0 Å². The average molecular weight is 263 g/mol. The van der Waals surface area contributed by atoms with E-state index in [0.717, 1.165) is 12.8 Å². The summed E-state index contributed by atoms with van der Waals surface area (Å²) < 4.78 is 5.01. The first-order valence-corrected chi connectivity index (χ1v) is 6.44. The summed E-state index contributed by atoms with van der Waals surface area (Å²) in [6, 6.07) is 0. The maximum absolute atomic E-state index is 12.2. The van der Waals surface area contributed by atoms with E-state index in [2.05, 4.69) is 9.97 Å². The van der Waals surface area contributed by atoms with Gasteiger partial charge in [0.1, 0.15) is 5.69 Å². The molecule has 2 rings (SSSR count). The molecule has 0 bridgehead atoms. The third-order valence-corrected chi connectivity index (χ3v) is 3.11. The van der Waals surface area contributed by atoms with Crippen LogP contribution in [-0.4, -0.2) is 46.4 Å². The van der Waals surface area contributed by atoms with Gasteiger partial charge in [-0.25, -0.2) is 4.98 Å². The number of nitrogens with zero attached hydrogens (tertiary/aromatic N) is 3. The number of amides is 1. The van der Waals surface area contributed by atoms with Crippen LogP contribution in [-0.2, 0) is 9.53 Å². The number of hydrogen-bond donors (Lipinski definition) is 0. The maximum atomic E-state index is 12.2. The fraction of sp³-hybridized carbons (Fsp3) is 0.538. The zero-order valence-corrected chi connectivity index (χ0v) is 10.9. The average Bonchev–Trinajstić information content (AvgIpc) is 2.48. The van der Waals surface area contributed by atoms with Crippen molar-refractivity contribution in [2.45, 2.75) is 19.8 Å². The van der Waals surface area contributed by atoms with Crippen LogP contribution in [0.15, 0.2) is 18.6 Å². The van der Waals surface area contributed by atoms with Crippen molar-refractivity contribution in [1.29, 1.82) is 0 Å². The monoisotopic (exact) mass is 263 g/mol. The number of aromatic nitrogens is 2. The molecule has 1 amide bonds. The Balaban J connectivity index is 2.01. The molecule has 1 aliphatic heterocycles. The number of esters is 1. The maximum Gasteiger partial charge on any atom is 0.310 e. The van der Waals surface area contributed by atoms with Crippen LogP contribution in [0.4, 0.5) is 0 Å². The first kappa shape index (κ1) is 13.5. The molecule has 1 fully saturated rings. The quantitative estimate of drug-likeness (QED) is 0.757. The summed E-state index contributed by atoms with van der Waals surface area (Å²) in [6.45, 7) is 3.19. The predicted molar refractivity (Wildman–Crippen MR) is 67.3 cm³/mol. The molecule has 6 nitrogen and oxygen atoms in total. The molecule has 0 radical (unpaired) electrons. The first-order chi connectivity index (χ1) is 9.22. The number of piperidine rings is 1. The fourth-order valence-electron chi connectivity index (χ4n) is 2.19. The molecule has 2 heterocycles. The highest BCUT2D eigenvalue weighted by Crippen LogP contribution is 2.19. The summed E-state index contributed by atoms with van der Waals surface area (Å²) in [5.41, 5.74) is 0.312. The minimum absolute atomic E-state index is 0.179. The lowest BCUT2D eigenvalue weighted by molar-refractivity contribution is -0.149. The smallest absolute Gasteiger partial charge is 0.310 e. The van der Waals surface area contributed by atoms with Crippen molar-refractivity contribution in [1.82, 2.24) is 14.9 Å². The lowest BCUT2D eigenvalue weighted by Crippen LogP contribution is -2.43. The molecular weight excluding hydrogens is 246 g/mol. The van der Waals surface area contributed by atoms with Gasteiger partial charge in [0.05, 0.1) is 18.7 Å². The molecule has 0 aliphatic carbocycles. The lowest BCUT2D eigenvalue weighted by Gasteiger charge is -2.31. The van der Waals surface area contributed by atoms with Gasteiger partial charge < -0.3 is 9.64 Å². The Morgan fingerprint density at radius 3 is 3.00 bits per heavy atom. The van der Waals surface area contributed by atoms with Gasteiger partial charge in [-0.2, -0.15) is 0 Å². The Morgan fingerprint density at radius 1 is 1.47 bits per heavy atom. The molecule has 0 aromatic carbocycles. The van der Waals surface area contributed by atoms with Crippen LogP contribution >= 0.6 is 0 Å². The largest absolute Gasteiger partial charge is 0.466 e. The summed E-state index contributed by atoms with van der Waals surface area (Å²) in [5, 5.41) is 0. The summed E-state index contributed by atoms with van der Waals surface area (Å²) in [5.74, 6) is -0.629. The highest BCUT2D eigenvalue weighted by atomic mass is 16.5. The molecule has 0 N–H and O–H groups in total. The minimum atomic E-state index is -0.227. The Hall–Kier alpha value is -1.98. The zero-order valence-electron chi connectivity index (χ0n) is 10.9. The number of rotatable bonds is 3. The van der Waals surface area contributed by atoms with Crippen LogP contribution in [0.1, 0.15) is 30.3 Å². The molecule has 1 aliphatic rings. The van der Waals surface area contributed by atoms with Gasteiger partial charge in [0, 0.05) is 25.5 Å². The SMILES string of the molecule is CCOC(=O)C1CCCN(C(=O)c2cnccn2)C1. The van der Waals surface area contributed by atoms with Crippen LogP contribution < -0.4 is 0 Å². The lowest BCUT2D eigenvalue weighted by atomic mass is 9.98. The first-order valence-electron chi connectivity index (χ1n) is 6.44. The van der Waals surface area contributed by atoms with Gasteiger partial charge in [-0.15, -0.1) is 0 Å². The number of carbonyl (C=O) groups is 2. The molecule has 0 spiro atoms. The second-order valence-electron chi connectivity index (χ2n) is 4.43. The van der Waals surface area contributed by atoms with Crippen molar-refractivity contribution >= 4 is 11.9 Å². The van der Waals surface area contributed by atoms with Crippen LogP contribution in [0.3, 0.4) is 0 Å². The standard InChI is InChI=1S/C13H17N3O3/c1-2-19-13(18)10-4-3-7-16(9-10)12(17)11-8-14-5-6-15-11/h5-6,8,10H,2-4,7,9H2,1H3. The normalized spacial score (nSPS) is 19.0. The molecule has 19 heavy (non-hydrogen) atoms. The van der Waals surface area contributed by atoms with Crippen molar-refractivity contribution in [2.75, 3.05) is 19.7 Å². The summed E-state index contributed by atoms with van der Waals surface area (Å²) >= 11 is 0. The van der Waals surface area contributed by atoms with Gasteiger partial charge >= 0.3 is 5.97 Å². The predicted octanol–water partition coefficient (Wildman–Crippen LogP) is 0.892. The van der Waals surface area contributed by atoms with Crippen molar-refractivity contribution < 1.29 is 14.3 Å². The minimum Gasteiger partial charge on any atom is -0.466 e. The van der Waals surface area contributed by atoms with E-state index in [1.807, 2.05) is 0 Å². The molecular formula is C13H17N3O3. The molecule has 1 atom stereocenters. The number of hydrogen-bond acceptors (Lipinski definition) is 5. The van der Waals surface area contributed by atoms with Crippen LogP contribution in [0, 0.1) is 5.92 Å². The topological polar surface area (TPSA) is 72.4 Å². The summed E-state index contributed by atoms with van der Waals surface area (Å²) in [4.78, 5) is 33.4. The van der Waals surface area contributed by atoms with E-state index in [0.29, 0.717) is 25.4 Å². The van der Waals surface area contributed by atoms with E-state index in [1.165, 1.54) is 18.6 Å². The molecule has 102 valence electrons. The van der Waals surface area contributed by atoms with Crippen molar-refractivity contribution in [2.24, 2.45) is 5.92 Å². The third kappa shape index (κ3) is 3.27. The Kier molecular flexibility index (Phi) is 4.43. The van der Waals surface area contributed by atoms with Crippen LogP contribution in [0.2, 0.25) is 0 Å². The van der Waals surface area contributed by atoms with E-state index in [4.69, 9.17) is 4.74 Å². The highest BCUT2D eigenvalue weighted by Gasteiger charge is 2.30. The van der Waals surface area contributed by atoms with E-state index in [9.17, 15) is 9.59 Å². The van der Waals surface area contributed by atoms with E-state index in [-0.39, 0.29) is 17.8 Å². The molecule has 1 unspecified atom stereocenters. The zero-order chi connectivity index (χ0) is 13.7. The van der Waals surface area contributed by atoms with Gasteiger partial charge in [-0.3, -0.25) is 14.6 Å². The van der Waals surface area contributed by atoms with Crippen molar-refractivity contribution in [3.8, 4) is 0 Å². The van der Waals surface area contributed by atoms with Crippen molar-refractivity contribution in [3.05, 3.63) is 24.3 Å². The Morgan fingerprint density at radius 2 is 2.32 bits per heavy atom. The molecule has 6 heteroatoms. The third-order valence-electron chi connectivity index (χ3n) is 3.11. The number of carbonyl (C=O) groups excluding carboxylic acids is 2. The van der Waals surface area contributed by atoms with E-state index < -0.39 is 0 Å². The number of ether oxygens (including phenoxy) is 1. The van der Waals surface area contributed by atoms with Gasteiger partial charge in [-0.05, 0) is 19.8 Å². The van der Waals surface area contributed by atoms with Crippen molar-refractivity contribution in [3.63, 3.8) is 0 Å². The molecule has 0 saturated carbocycles. The molecule has 1 aromatic rings. The van der Waals surface area contributed by atoms with E-state index in [1.54, 1.807) is 11.8 Å². The number of likely N-dealkylation sites (tertiary alicyclic amines) is 1. The van der Waals surface area contributed by atoms with Crippen LogP contribution in [0.25, 0.3) is 0 Å². The van der Waals surface area contributed by atoms with Gasteiger partial charge in [0.2, 0.25) is 0 Å². The van der Waals surface area contributed by atoms with Gasteiger partial charge in [0.25, 0.3) is 5.91 Å². The summed E-state index contributed by atoms with van der Waals surface area (Å²) in [7, 11) is 0. The molecule has 1 saturated heterocycles. The van der Waals surface area contributed by atoms with Gasteiger partial charge in [-0.1, -0.05) is 0 Å². The highest BCUT2D eigenvalue weighted by molar-refractivity contribution is 5.92. The fourth-order valence-corrected chi connectivity index (χ4v) is 2.19. The van der Waals surface area contributed by atoms with Gasteiger partial charge in [0.15, 0.2) is 0 Å².